The van der Waals surface area contributed by atoms with Crippen LogP contribution < -0.4 is 11.1 Å². The van der Waals surface area contributed by atoms with Crippen LogP contribution in [0.5, 0.6) is 0 Å². The summed E-state index contributed by atoms with van der Waals surface area (Å²) in [6.07, 6.45) is 7.55. The molecule has 1 heterocycles. The van der Waals surface area contributed by atoms with Crippen molar-refractivity contribution >= 4 is 11.6 Å². The van der Waals surface area contributed by atoms with Crippen molar-refractivity contribution in [2.45, 2.75) is 65.5 Å². The molecule has 1 aromatic heterocycles. The molecule has 0 fully saturated rings. The monoisotopic (exact) mass is 266 g/mol. The van der Waals surface area contributed by atoms with Crippen LogP contribution >= 0.6 is 0 Å². The van der Waals surface area contributed by atoms with Gasteiger partial charge in [0.2, 0.25) is 0 Å². The Bertz CT molecular complexity index is 400. The van der Waals surface area contributed by atoms with Crippen molar-refractivity contribution < 1.29 is 4.79 Å². The fraction of sp³-hybridized carbons (Fsp3) is 0.714. The molecule has 1 rings (SSSR count). The number of aromatic nitrogens is 2. The molecule has 3 N–H and O–H groups in total. The molecule has 0 saturated heterocycles. The van der Waals surface area contributed by atoms with Gasteiger partial charge >= 0.3 is 0 Å². The van der Waals surface area contributed by atoms with Gasteiger partial charge < -0.3 is 11.1 Å². The van der Waals surface area contributed by atoms with Gasteiger partial charge in [-0.3, -0.25) is 9.48 Å². The number of hydrogen-bond donors (Lipinski definition) is 2. The summed E-state index contributed by atoms with van der Waals surface area (Å²) in [4.78, 5) is 12.0. The molecule has 1 atom stereocenters. The summed E-state index contributed by atoms with van der Waals surface area (Å²) < 4.78 is 1.68. The van der Waals surface area contributed by atoms with E-state index in [1.165, 1.54) is 19.3 Å². The number of amides is 1. The van der Waals surface area contributed by atoms with Crippen molar-refractivity contribution in [3.8, 4) is 0 Å². The highest BCUT2D eigenvalue weighted by Gasteiger charge is 2.16. The number of carbonyl (C=O) groups is 1. The van der Waals surface area contributed by atoms with E-state index in [1.54, 1.807) is 10.9 Å². The molecule has 19 heavy (non-hydrogen) atoms. The quantitative estimate of drug-likeness (QED) is 0.710. The highest BCUT2D eigenvalue weighted by molar-refractivity contribution is 5.97. The maximum absolute atomic E-state index is 12.0. The number of rotatable bonds is 8. The zero-order chi connectivity index (χ0) is 14.3. The topological polar surface area (TPSA) is 72.9 Å². The van der Waals surface area contributed by atoms with Gasteiger partial charge in [-0.25, -0.2) is 0 Å². The van der Waals surface area contributed by atoms with E-state index in [1.807, 2.05) is 13.8 Å². The smallest absolute Gasteiger partial charge is 0.274 e. The number of nitrogens with one attached hydrogen (secondary N) is 1. The minimum atomic E-state index is -0.173. The van der Waals surface area contributed by atoms with Gasteiger partial charge in [0.1, 0.15) is 0 Å². The summed E-state index contributed by atoms with van der Waals surface area (Å²) in [5.74, 6) is -0.173. The second kappa shape index (κ2) is 7.81. The van der Waals surface area contributed by atoms with Crippen LogP contribution in [0.4, 0.5) is 5.69 Å². The van der Waals surface area contributed by atoms with Crippen LogP contribution in [0.2, 0.25) is 0 Å². The normalized spacial score (nSPS) is 12.4. The molecule has 1 unspecified atom stereocenters. The maximum atomic E-state index is 12.0. The van der Waals surface area contributed by atoms with Crippen LogP contribution in [0, 0.1) is 0 Å². The Balaban J connectivity index is 2.42. The maximum Gasteiger partial charge on any atom is 0.274 e. The summed E-state index contributed by atoms with van der Waals surface area (Å²) in [5, 5.41) is 7.13. The fourth-order valence-corrected chi connectivity index (χ4v) is 2.02. The van der Waals surface area contributed by atoms with Crippen LogP contribution in [0.25, 0.3) is 0 Å². The highest BCUT2D eigenvalue weighted by atomic mass is 16.2. The third-order valence-corrected chi connectivity index (χ3v) is 3.20. The molecule has 1 amide bonds. The SMILES string of the molecule is CCCCCCC(C)NC(=O)c1nn(CC)cc1N. The Morgan fingerprint density at radius 3 is 2.74 bits per heavy atom. The lowest BCUT2D eigenvalue weighted by Crippen LogP contribution is -2.33. The number of hydrogen-bond acceptors (Lipinski definition) is 3. The van der Waals surface area contributed by atoms with Gasteiger partial charge in [0, 0.05) is 18.8 Å². The van der Waals surface area contributed by atoms with E-state index in [0.717, 1.165) is 12.8 Å². The molecule has 1 aromatic rings. The first-order chi connectivity index (χ1) is 9.08. The van der Waals surface area contributed by atoms with Crippen LogP contribution in [0.15, 0.2) is 6.20 Å². The first-order valence-corrected chi connectivity index (χ1v) is 7.22. The molecular weight excluding hydrogens is 240 g/mol. The summed E-state index contributed by atoms with van der Waals surface area (Å²) in [6, 6.07) is 0.163. The van der Waals surface area contributed by atoms with Crippen molar-refractivity contribution in [2.75, 3.05) is 5.73 Å². The minimum absolute atomic E-state index is 0.163. The minimum Gasteiger partial charge on any atom is -0.396 e. The number of unbranched alkanes of at least 4 members (excludes halogenated alkanes) is 3. The average molecular weight is 266 g/mol. The van der Waals surface area contributed by atoms with E-state index in [-0.39, 0.29) is 11.9 Å². The average Bonchev–Trinajstić information content (AvgIpc) is 2.76. The standard InChI is InChI=1S/C14H26N4O/c1-4-6-7-8-9-11(3)16-14(19)13-12(15)10-18(5-2)17-13/h10-11H,4-9,15H2,1-3H3,(H,16,19). The molecule has 0 aliphatic carbocycles. The Morgan fingerprint density at radius 2 is 2.16 bits per heavy atom. The van der Waals surface area contributed by atoms with Gasteiger partial charge in [-0.2, -0.15) is 5.10 Å². The van der Waals surface area contributed by atoms with Gasteiger partial charge in [0.15, 0.2) is 5.69 Å². The molecule has 0 aromatic carbocycles. The van der Waals surface area contributed by atoms with E-state index >= 15 is 0 Å². The van der Waals surface area contributed by atoms with Gasteiger partial charge in [-0.15, -0.1) is 0 Å². The molecule has 0 aliphatic rings. The Kier molecular flexibility index (Phi) is 6.39. The number of nitrogens with two attached hydrogens (primary N) is 1. The zero-order valence-corrected chi connectivity index (χ0v) is 12.3. The van der Waals surface area contributed by atoms with Crippen LogP contribution in [-0.2, 0) is 6.54 Å². The summed E-state index contributed by atoms with van der Waals surface area (Å²) >= 11 is 0. The fourth-order valence-electron chi connectivity index (χ4n) is 2.02. The molecule has 0 bridgehead atoms. The van der Waals surface area contributed by atoms with E-state index in [4.69, 9.17) is 5.73 Å². The van der Waals surface area contributed by atoms with Crippen LogP contribution in [0.3, 0.4) is 0 Å². The zero-order valence-electron chi connectivity index (χ0n) is 12.3. The summed E-state index contributed by atoms with van der Waals surface area (Å²) in [5.41, 5.74) is 6.57. The number of nitrogens with zero attached hydrogens (tertiary/aromatic N) is 2. The predicted molar refractivity (Wildman–Crippen MR) is 78.0 cm³/mol. The molecular formula is C14H26N4O. The van der Waals surface area contributed by atoms with E-state index < -0.39 is 0 Å². The third kappa shape index (κ3) is 4.93. The van der Waals surface area contributed by atoms with Crippen molar-refractivity contribution in [1.82, 2.24) is 15.1 Å². The number of anilines is 1. The van der Waals surface area contributed by atoms with E-state index in [0.29, 0.717) is 17.9 Å². The summed E-state index contributed by atoms with van der Waals surface area (Å²) in [6.45, 7) is 6.89. The van der Waals surface area contributed by atoms with Crippen LogP contribution in [-0.4, -0.2) is 21.7 Å². The molecule has 0 aliphatic heterocycles. The summed E-state index contributed by atoms with van der Waals surface area (Å²) in [7, 11) is 0. The van der Waals surface area contributed by atoms with Gasteiger partial charge in [-0.05, 0) is 20.3 Å². The van der Waals surface area contributed by atoms with Crippen LogP contribution in [0.1, 0.15) is 63.4 Å². The Morgan fingerprint density at radius 1 is 1.42 bits per heavy atom. The Hall–Kier alpha value is -1.52. The molecule has 108 valence electrons. The van der Waals surface area contributed by atoms with Gasteiger partial charge in [0.25, 0.3) is 5.91 Å². The van der Waals surface area contributed by atoms with Gasteiger partial charge in [0.05, 0.1) is 5.69 Å². The lowest BCUT2D eigenvalue weighted by Gasteiger charge is -2.12. The number of aryl methyl sites for hydroxylation is 1. The highest BCUT2D eigenvalue weighted by Crippen LogP contribution is 2.10. The van der Waals surface area contributed by atoms with Crippen molar-refractivity contribution in [1.29, 1.82) is 0 Å². The Labute approximate surface area is 115 Å². The number of carbonyl (C=O) groups excluding carboxylic acids is 1. The third-order valence-electron chi connectivity index (χ3n) is 3.20. The largest absolute Gasteiger partial charge is 0.396 e. The lowest BCUT2D eigenvalue weighted by atomic mass is 10.1. The molecule has 0 spiro atoms. The predicted octanol–water partition coefficient (Wildman–Crippen LogP) is 2.57. The second-order valence-corrected chi connectivity index (χ2v) is 5.01. The second-order valence-electron chi connectivity index (χ2n) is 5.01. The first-order valence-electron chi connectivity index (χ1n) is 7.22. The molecule has 5 nitrogen and oxygen atoms in total. The van der Waals surface area contributed by atoms with E-state index in [9.17, 15) is 4.79 Å². The van der Waals surface area contributed by atoms with E-state index in [2.05, 4.69) is 17.3 Å². The molecule has 0 radical (unpaired) electrons. The number of nitrogen functional groups attached to an aromatic ring is 1. The first kappa shape index (κ1) is 15.5. The lowest BCUT2D eigenvalue weighted by molar-refractivity contribution is 0.0933. The molecule has 5 heteroatoms. The van der Waals surface area contributed by atoms with Crippen molar-refractivity contribution in [3.05, 3.63) is 11.9 Å². The van der Waals surface area contributed by atoms with Crippen molar-refractivity contribution in [2.24, 2.45) is 0 Å². The molecule has 0 saturated carbocycles. The van der Waals surface area contributed by atoms with Gasteiger partial charge in [-0.1, -0.05) is 32.6 Å². The van der Waals surface area contributed by atoms with Crippen molar-refractivity contribution in [3.63, 3.8) is 0 Å².